The molecule has 0 spiro atoms. The highest BCUT2D eigenvalue weighted by Crippen LogP contribution is 2.46. The third-order valence-corrected chi connectivity index (χ3v) is 7.01. The summed E-state index contributed by atoms with van der Waals surface area (Å²) in [6, 6.07) is 4.54. The Morgan fingerprint density at radius 3 is 2.41 bits per heavy atom. The van der Waals surface area contributed by atoms with Gasteiger partial charge in [-0.1, -0.05) is 23.2 Å². The van der Waals surface area contributed by atoms with Gasteiger partial charge in [-0.25, -0.2) is 4.98 Å². The number of aliphatic hydroxyl groups is 1. The molecule has 0 fully saturated rings. The zero-order chi connectivity index (χ0) is 27.1. The number of aromatic nitrogens is 1. The SMILES string of the molecule is COc1cc(C(=O)Nc2ccc(Cl)cn2)c(NC(=O)c2scc(CN(C)CCO)c2Cl)c(OC)c1OC. The van der Waals surface area contributed by atoms with Crippen LogP contribution in [-0.2, 0) is 6.54 Å². The van der Waals surface area contributed by atoms with E-state index in [0.29, 0.717) is 18.1 Å². The first-order valence-corrected chi connectivity index (χ1v) is 12.5. The molecule has 0 saturated heterocycles. The molecule has 2 aromatic heterocycles. The lowest BCUT2D eigenvalue weighted by Gasteiger charge is -2.19. The van der Waals surface area contributed by atoms with Crippen molar-refractivity contribution < 1.29 is 28.9 Å². The van der Waals surface area contributed by atoms with Gasteiger partial charge in [0.25, 0.3) is 11.8 Å². The Morgan fingerprint density at radius 2 is 1.81 bits per heavy atom. The Labute approximate surface area is 228 Å². The fraction of sp³-hybridized carbons (Fsp3) is 0.292. The van der Waals surface area contributed by atoms with Crippen molar-refractivity contribution in [3.63, 3.8) is 0 Å². The van der Waals surface area contributed by atoms with Gasteiger partial charge in [-0.3, -0.25) is 14.5 Å². The molecule has 10 nitrogen and oxygen atoms in total. The number of aliphatic hydroxyl groups excluding tert-OH is 1. The molecule has 0 atom stereocenters. The standard InChI is InChI=1S/C24H26Cl2N4O6S/c1-30(7-8-31)11-13-12-37-22(18(13)26)24(33)29-19-15(9-16(34-2)20(35-3)21(19)36-4)23(32)28-17-6-5-14(25)10-27-17/h5-6,9-10,12,31H,7-8,11H2,1-4H3,(H,29,33)(H,27,28,32). The number of nitrogens with zero attached hydrogens (tertiary/aromatic N) is 2. The summed E-state index contributed by atoms with van der Waals surface area (Å²) in [6.07, 6.45) is 1.39. The molecular formula is C24H26Cl2N4O6S. The number of rotatable bonds is 11. The van der Waals surface area contributed by atoms with Crippen LogP contribution in [0.4, 0.5) is 11.5 Å². The van der Waals surface area contributed by atoms with Crippen LogP contribution in [0.3, 0.4) is 0 Å². The van der Waals surface area contributed by atoms with Crippen LogP contribution in [0.2, 0.25) is 10.0 Å². The first kappa shape index (κ1) is 28.5. The van der Waals surface area contributed by atoms with Crippen molar-refractivity contribution in [1.29, 1.82) is 0 Å². The van der Waals surface area contributed by atoms with E-state index in [1.54, 1.807) is 11.4 Å². The summed E-state index contributed by atoms with van der Waals surface area (Å²) < 4.78 is 16.4. The molecule has 3 rings (SSSR count). The van der Waals surface area contributed by atoms with Crippen LogP contribution in [0.1, 0.15) is 25.6 Å². The summed E-state index contributed by atoms with van der Waals surface area (Å²) in [5, 5.41) is 17.0. The highest BCUT2D eigenvalue weighted by Gasteiger charge is 2.28. The number of amides is 2. The molecule has 0 aliphatic heterocycles. The van der Waals surface area contributed by atoms with Crippen molar-refractivity contribution >= 4 is 57.9 Å². The van der Waals surface area contributed by atoms with Gasteiger partial charge in [-0.05, 0) is 36.2 Å². The third kappa shape index (κ3) is 6.62. The summed E-state index contributed by atoms with van der Waals surface area (Å²) in [4.78, 5) is 32.8. The number of halogens is 2. The number of benzene rings is 1. The van der Waals surface area contributed by atoms with Crippen molar-refractivity contribution in [3.8, 4) is 17.2 Å². The van der Waals surface area contributed by atoms with E-state index < -0.39 is 11.8 Å². The molecule has 37 heavy (non-hydrogen) atoms. The van der Waals surface area contributed by atoms with Gasteiger partial charge >= 0.3 is 0 Å². The Hall–Kier alpha value is -3.09. The fourth-order valence-electron chi connectivity index (χ4n) is 3.44. The molecule has 2 amide bonds. The second kappa shape index (κ2) is 12.9. The molecular weight excluding hydrogens is 543 g/mol. The summed E-state index contributed by atoms with van der Waals surface area (Å²) in [5.41, 5.74) is 0.828. The van der Waals surface area contributed by atoms with Crippen LogP contribution in [0, 0.1) is 0 Å². The van der Waals surface area contributed by atoms with Crippen LogP contribution in [0.15, 0.2) is 29.8 Å². The number of likely N-dealkylation sites (N-methyl/N-ethyl adjacent to an activating group) is 1. The van der Waals surface area contributed by atoms with Gasteiger partial charge in [-0.15, -0.1) is 11.3 Å². The minimum absolute atomic E-state index is 0.00107. The number of hydrogen-bond donors (Lipinski definition) is 3. The minimum atomic E-state index is -0.590. The number of nitrogens with one attached hydrogen (secondary N) is 2. The summed E-state index contributed by atoms with van der Waals surface area (Å²) in [5.74, 6) is -0.401. The predicted molar refractivity (Wildman–Crippen MR) is 144 cm³/mol. The van der Waals surface area contributed by atoms with E-state index in [2.05, 4.69) is 15.6 Å². The largest absolute Gasteiger partial charge is 0.493 e. The molecule has 2 heterocycles. The van der Waals surface area contributed by atoms with Crippen molar-refractivity contribution in [1.82, 2.24) is 9.88 Å². The lowest BCUT2D eigenvalue weighted by Crippen LogP contribution is -2.21. The summed E-state index contributed by atoms with van der Waals surface area (Å²) in [6.45, 7) is 0.906. The van der Waals surface area contributed by atoms with Crippen LogP contribution in [-0.4, -0.2) is 68.3 Å². The summed E-state index contributed by atoms with van der Waals surface area (Å²) >= 11 is 13.6. The van der Waals surface area contributed by atoms with Gasteiger partial charge in [0.15, 0.2) is 11.5 Å². The van der Waals surface area contributed by atoms with Crippen LogP contribution in [0.5, 0.6) is 17.2 Å². The maximum atomic E-state index is 13.3. The normalized spacial score (nSPS) is 10.8. The van der Waals surface area contributed by atoms with E-state index >= 15 is 0 Å². The Bertz CT molecular complexity index is 1270. The van der Waals surface area contributed by atoms with Crippen molar-refractivity contribution in [2.75, 3.05) is 52.2 Å². The Kier molecular flexibility index (Phi) is 9.95. The molecule has 0 saturated carbocycles. The van der Waals surface area contributed by atoms with Gasteiger partial charge in [0.1, 0.15) is 16.4 Å². The molecule has 0 unspecified atom stereocenters. The number of carbonyl (C=O) groups is 2. The topological polar surface area (TPSA) is 122 Å². The Balaban J connectivity index is 2.01. The van der Waals surface area contributed by atoms with Gasteiger partial charge in [-0.2, -0.15) is 0 Å². The van der Waals surface area contributed by atoms with E-state index in [1.165, 1.54) is 39.7 Å². The van der Waals surface area contributed by atoms with E-state index in [0.717, 1.165) is 16.9 Å². The molecule has 0 aliphatic rings. The van der Waals surface area contributed by atoms with Crippen LogP contribution >= 0.6 is 34.5 Å². The zero-order valence-electron chi connectivity index (χ0n) is 20.6. The second-order valence-electron chi connectivity index (χ2n) is 7.70. The minimum Gasteiger partial charge on any atom is -0.493 e. The fourth-order valence-corrected chi connectivity index (χ4v) is 4.80. The zero-order valence-corrected chi connectivity index (χ0v) is 22.9. The number of thiophene rings is 1. The smallest absolute Gasteiger partial charge is 0.267 e. The predicted octanol–water partition coefficient (Wildman–Crippen LogP) is 4.40. The molecule has 3 N–H and O–H groups in total. The third-order valence-electron chi connectivity index (χ3n) is 5.21. The molecule has 198 valence electrons. The average Bonchev–Trinajstić information content (AvgIpc) is 3.24. The highest BCUT2D eigenvalue weighted by atomic mass is 35.5. The van der Waals surface area contributed by atoms with Crippen molar-refractivity contribution in [2.24, 2.45) is 0 Å². The molecule has 3 aromatic rings. The van der Waals surface area contributed by atoms with Gasteiger partial charge < -0.3 is 30.0 Å². The molecule has 13 heteroatoms. The number of pyridine rings is 1. The molecule has 0 radical (unpaired) electrons. The van der Waals surface area contributed by atoms with Gasteiger partial charge in [0, 0.05) is 19.3 Å². The number of carbonyl (C=O) groups excluding carboxylic acids is 2. The number of ether oxygens (including phenoxy) is 3. The maximum Gasteiger partial charge on any atom is 0.267 e. The first-order valence-electron chi connectivity index (χ1n) is 10.9. The number of anilines is 2. The van der Waals surface area contributed by atoms with Crippen molar-refractivity contribution in [2.45, 2.75) is 6.54 Å². The first-order chi connectivity index (χ1) is 17.7. The van der Waals surface area contributed by atoms with E-state index in [4.69, 9.17) is 42.5 Å². The monoisotopic (exact) mass is 568 g/mol. The second-order valence-corrected chi connectivity index (χ2v) is 9.40. The molecule has 0 aliphatic carbocycles. The van der Waals surface area contributed by atoms with Gasteiger partial charge in [0.2, 0.25) is 5.75 Å². The van der Waals surface area contributed by atoms with Crippen LogP contribution in [0.25, 0.3) is 0 Å². The lowest BCUT2D eigenvalue weighted by molar-refractivity contribution is 0.102. The average molecular weight is 569 g/mol. The maximum absolute atomic E-state index is 13.3. The van der Waals surface area contributed by atoms with Crippen LogP contribution < -0.4 is 24.8 Å². The molecule has 0 bridgehead atoms. The van der Waals surface area contributed by atoms with Gasteiger partial charge in [0.05, 0.1) is 43.5 Å². The Morgan fingerprint density at radius 1 is 1.08 bits per heavy atom. The van der Waals surface area contributed by atoms with E-state index in [1.807, 2.05) is 11.9 Å². The quantitative estimate of drug-likeness (QED) is 0.311. The number of methoxy groups -OCH3 is 3. The summed E-state index contributed by atoms with van der Waals surface area (Å²) in [7, 11) is 6.04. The van der Waals surface area contributed by atoms with Crippen molar-refractivity contribution in [3.05, 3.63) is 55.8 Å². The van der Waals surface area contributed by atoms with E-state index in [9.17, 15) is 9.59 Å². The highest BCUT2D eigenvalue weighted by molar-refractivity contribution is 7.13. The molecule has 1 aromatic carbocycles. The lowest BCUT2D eigenvalue weighted by atomic mass is 10.1. The number of hydrogen-bond acceptors (Lipinski definition) is 9. The van der Waals surface area contributed by atoms with E-state index in [-0.39, 0.29) is 50.8 Å².